The molecule has 192 valence electrons. The van der Waals surface area contributed by atoms with E-state index in [1.807, 2.05) is 45.9 Å². The third-order valence-corrected chi connectivity index (χ3v) is 7.40. The minimum absolute atomic E-state index is 0.188. The number of hydrogen-bond donors (Lipinski definition) is 4. The second-order valence-corrected chi connectivity index (χ2v) is 11.8. The molecule has 4 rings (SSSR count). The van der Waals surface area contributed by atoms with Gasteiger partial charge < -0.3 is 16.0 Å². The van der Waals surface area contributed by atoms with Crippen molar-refractivity contribution in [3.05, 3.63) is 65.9 Å². The number of hydrogen-bond acceptors (Lipinski definition) is 8. The first kappa shape index (κ1) is 26.0. The maximum absolute atomic E-state index is 12.7. The molecule has 1 aliphatic rings. The quantitative estimate of drug-likeness (QED) is 0.363. The summed E-state index contributed by atoms with van der Waals surface area (Å²) in [5.74, 6) is 1.05. The van der Waals surface area contributed by atoms with E-state index in [-0.39, 0.29) is 4.90 Å². The van der Waals surface area contributed by atoms with Gasteiger partial charge >= 0.3 is 0 Å². The van der Waals surface area contributed by atoms with Crippen molar-refractivity contribution in [1.29, 1.82) is 0 Å². The molecule has 0 bridgehead atoms. The van der Waals surface area contributed by atoms with Crippen molar-refractivity contribution in [2.75, 3.05) is 36.8 Å². The topological polar surface area (TPSA) is 111 Å². The van der Waals surface area contributed by atoms with Crippen molar-refractivity contribution in [2.24, 2.45) is 0 Å². The molecule has 0 radical (unpaired) electrons. The van der Waals surface area contributed by atoms with Gasteiger partial charge in [-0.05, 0) is 63.6 Å². The van der Waals surface area contributed by atoms with E-state index in [1.54, 1.807) is 24.4 Å². The lowest BCUT2D eigenvalue weighted by atomic mass is 10.1. The molecule has 0 spiro atoms. The molecule has 9 nitrogen and oxygen atoms in total. The van der Waals surface area contributed by atoms with E-state index >= 15 is 0 Å². The van der Waals surface area contributed by atoms with Gasteiger partial charge in [-0.3, -0.25) is 4.90 Å². The monoisotopic (exact) mass is 509 g/mol. The average molecular weight is 510 g/mol. The van der Waals surface area contributed by atoms with E-state index in [2.05, 4.69) is 47.7 Å². The van der Waals surface area contributed by atoms with E-state index in [0.29, 0.717) is 17.5 Å². The molecule has 0 saturated carbocycles. The zero-order valence-corrected chi connectivity index (χ0v) is 22.1. The highest BCUT2D eigenvalue weighted by Gasteiger charge is 2.22. The molecule has 1 saturated heterocycles. The van der Waals surface area contributed by atoms with Crippen molar-refractivity contribution >= 4 is 33.2 Å². The number of nitrogens with zero attached hydrogens (tertiary/aromatic N) is 3. The molecule has 36 heavy (non-hydrogen) atoms. The summed E-state index contributed by atoms with van der Waals surface area (Å²) in [5.41, 5.74) is 3.06. The summed E-state index contributed by atoms with van der Waals surface area (Å²) in [5, 5.41) is 9.87. The number of anilines is 4. The van der Waals surface area contributed by atoms with Crippen molar-refractivity contribution in [3.8, 4) is 0 Å². The van der Waals surface area contributed by atoms with Gasteiger partial charge in [-0.2, -0.15) is 4.98 Å². The Kier molecular flexibility index (Phi) is 7.89. The molecule has 0 unspecified atom stereocenters. The Bertz CT molecular complexity index is 1280. The Labute approximate surface area is 213 Å². The first-order chi connectivity index (χ1) is 17.1. The third-order valence-electron chi connectivity index (χ3n) is 5.65. The lowest BCUT2D eigenvalue weighted by Gasteiger charge is -2.27. The lowest BCUT2D eigenvalue weighted by Crippen LogP contribution is -2.42. The third kappa shape index (κ3) is 7.23. The predicted molar refractivity (Wildman–Crippen MR) is 144 cm³/mol. The summed E-state index contributed by atoms with van der Waals surface area (Å²) >= 11 is 0. The number of aromatic nitrogens is 2. The molecule has 10 heteroatoms. The van der Waals surface area contributed by atoms with Gasteiger partial charge in [-0.25, -0.2) is 18.1 Å². The molecule has 2 heterocycles. The fourth-order valence-corrected chi connectivity index (χ4v) is 5.38. The van der Waals surface area contributed by atoms with Crippen LogP contribution in [0.25, 0.3) is 0 Å². The van der Waals surface area contributed by atoms with Gasteiger partial charge in [-0.1, -0.05) is 18.2 Å². The van der Waals surface area contributed by atoms with E-state index in [9.17, 15) is 8.42 Å². The fourth-order valence-electron chi connectivity index (χ4n) is 3.92. The summed E-state index contributed by atoms with van der Waals surface area (Å²) in [4.78, 5) is 11.7. The Morgan fingerprint density at radius 3 is 2.42 bits per heavy atom. The highest BCUT2D eigenvalue weighted by molar-refractivity contribution is 7.89. The van der Waals surface area contributed by atoms with E-state index in [1.165, 1.54) is 5.56 Å². The van der Waals surface area contributed by atoms with Crippen LogP contribution in [0.4, 0.5) is 23.1 Å². The van der Waals surface area contributed by atoms with Crippen LogP contribution < -0.4 is 20.7 Å². The molecule has 0 amide bonds. The van der Waals surface area contributed by atoms with Gasteiger partial charge in [0.05, 0.1) is 4.90 Å². The number of benzene rings is 2. The summed E-state index contributed by atoms with van der Waals surface area (Å²) in [6.07, 6.45) is 1.73. The van der Waals surface area contributed by atoms with Crippen molar-refractivity contribution in [1.82, 2.24) is 24.9 Å². The van der Waals surface area contributed by atoms with Gasteiger partial charge in [-0.15, -0.1) is 0 Å². The van der Waals surface area contributed by atoms with Gasteiger partial charge in [0.15, 0.2) is 0 Å². The number of sulfonamides is 1. The van der Waals surface area contributed by atoms with Crippen molar-refractivity contribution in [3.63, 3.8) is 0 Å². The Balaban J connectivity index is 1.45. The summed E-state index contributed by atoms with van der Waals surface area (Å²) in [6.45, 7) is 12.5. The number of nitrogens with one attached hydrogen (secondary N) is 4. The molecule has 1 fully saturated rings. The summed E-state index contributed by atoms with van der Waals surface area (Å²) in [7, 11) is -3.65. The first-order valence-corrected chi connectivity index (χ1v) is 13.6. The summed E-state index contributed by atoms with van der Waals surface area (Å²) in [6, 6.07) is 15.0. The zero-order chi connectivity index (χ0) is 25.8. The average Bonchev–Trinajstić information content (AvgIpc) is 2.82. The first-order valence-electron chi connectivity index (χ1n) is 12.1. The van der Waals surface area contributed by atoms with Gasteiger partial charge in [0.2, 0.25) is 16.0 Å². The minimum atomic E-state index is -3.65. The molecule has 2 aromatic carbocycles. The van der Waals surface area contributed by atoms with E-state index < -0.39 is 15.6 Å². The summed E-state index contributed by atoms with van der Waals surface area (Å²) < 4.78 is 28.1. The largest absolute Gasteiger partial charge is 0.340 e. The molecule has 1 aromatic heterocycles. The van der Waals surface area contributed by atoms with Crippen molar-refractivity contribution < 1.29 is 8.42 Å². The van der Waals surface area contributed by atoms with Crippen LogP contribution in [0, 0.1) is 6.92 Å². The van der Waals surface area contributed by atoms with E-state index in [0.717, 1.165) is 44.0 Å². The number of rotatable bonds is 8. The van der Waals surface area contributed by atoms with Crippen LogP contribution in [0.5, 0.6) is 0 Å². The van der Waals surface area contributed by atoms with E-state index in [4.69, 9.17) is 0 Å². The van der Waals surface area contributed by atoms with Crippen LogP contribution in [-0.4, -0.2) is 55.0 Å². The highest BCUT2D eigenvalue weighted by atomic mass is 32.2. The zero-order valence-electron chi connectivity index (χ0n) is 21.3. The maximum atomic E-state index is 12.7. The SMILES string of the molecule is Cc1cnc(Nc2ccc(CN3CCNCC3)cc2)nc1Nc1cccc(S(=O)(=O)NC(C)(C)C)c1. The standard InChI is InChI=1S/C26H35N7O2S/c1-19-17-28-25(30-21-10-8-20(9-11-21)18-33-14-12-27-13-15-33)31-24(19)29-22-6-5-7-23(16-22)36(34,35)32-26(2,3)4/h5-11,16-17,27,32H,12-15,18H2,1-4H3,(H2,28,29,30,31). The Hall–Kier alpha value is -3.05. The Morgan fingerprint density at radius 1 is 1.00 bits per heavy atom. The molecule has 4 N–H and O–H groups in total. The second kappa shape index (κ2) is 10.9. The van der Waals surface area contributed by atoms with Crippen LogP contribution in [0.15, 0.2) is 59.6 Å². The lowest BCUT2D eigenvalue weighted by molar-refractivity contribution is 0.233. The second-order valence-electron chi connectivity index (χ2n) is 10.1. The molecular formula is C26H35N7O2S. The highest BCUT2D eigenvalue weighted by Crippen LogP contribution is 2.24. The molecule has 0 atom stereocenters. The van der Waals surface area contributed by atoms with Crippen LogP contribution in [-0.2, 0) is 16.6 Å². The number of piperazine rings is 1. The Morgan fingerprint density at radius 2 is 1.72 bits per heavy atom. The minimum Gasteiger partial charge on any atom is -0.340 e. The van der Waals surface area contributed by atoms with Crippen LogP contribution in [0.2, 0.25) is 0 Å². The molecule has 1 aliphatic heterocycles. The van der Waals surface area contributed by atoms with Crippen molar-refractivity contribution in [2.45, 2.75) is 44.7 Å². The maximum Gasteiger partial charge on any atom is 0.241 e. The van der Waals surface area contributed by atoms with Gasteiger partial charge in [0.1, 0.15) is 5.82 Å². The molecule has 0 aliphatic carbocycles. The number of aryl methyl sites for hydroxylation is 1. The van der Waals surface area contributed by atoms with Gasteiger partial charge in [0, 0.05) is 61.4 Å². The van der Waals surface area contributed by atoms with Gasteiger partial charge in [0.25, 0.3) is 0 Å². The van der Waals surface area contributed by atoms with Crippen LogP contribution >= 0.6 is 0 Å². The van der Waals surface area contributed by atoms with Crippen LogP contribution in [0.3, 0.4) is 0 Å². The predicted octanol–water partition coefficient (Wildman–Crippen LogP) is 3.75. The fraction of sp³-hybridized carbons (Fsp3) is 0.385. The van der Waals surface area contributed by atoms with Crippen LogP contribution in [0.1, 0.15) is 31.9 Å². The normalized spacial score (nSPS) is 15.0. The smallest absolute Gasteiger partial charge is 0.241 e. The molecular weight excluding hydrogens is 474 g/mol. The molecule has 3 aromatic rings.